The molecule has 15 heavy (non-hydrogen) atoms. The van der Waals surface area contributed by atoms with Crippen molar-refractivity contribution in [1.82, 2.24) is 0 Å². The Balaban J connectivity index is 2.06. The Morgan fingerprint density at radius 3 is 2.20 bits per heavy atom. The van der Waals surface area contributed by atoms with E-state index in [0.29, 0.717) is 24.0 Å². The lowest BCUT2D eigenvalue weighted by Crippen LogP contribution is -2.54. The highest BCUT2D eigenvalue weighted by Gasteiger charge is 2.52. The van der Waals surface area contributed by atoms with Crippen molar-refractivity contribution >= 4 is 9.84 Å². The zero-order valence-corrected chi connectivity index (χ0v) is 10.1. The Labute approximate surface area is 92.3 Å². The molecule has 4 heteroatoms. The number of hydrogen-bond donors (Lipinski definition) is 1. The topological polar surface area (TPSA) is 60.2 Å². The second kappa shape index (κ2) is 4.06. The Bertz CT molecular complexity index is 305. The molecule has 0 bridgehead atoms. The van der Waals surface area contributed by atoms with Crippen LogP contribution in [0.25, 0.3) is 0 Å². The predicted molar refractivity (Wildman–Crippen MR) is 61.3 cm³/mol. The van der Waals surface area contributed by atoms with Crippen molar-refractivity contribution in [2.24, 2.45) is 17.1 Å². The quantitative estimate of drug-likeness (QED) is 0.797. The first-order valence-corrected chi connectivity index (χ1v) is 7.81. The van der Waals surface area contributed by atoms with Gasteiger partial charge in [-0.25, -0.2) is 8.42 Å². The van der Waals surface area contributed by atoms with Crippen molar-refractivity contribution in [3.8, 4) is 0 Å². The molecule has 3 nitrogen and oxygen atoms in total. The van der Waals surface area contributed by atoms with Gasteiger partial charge in [0.25, 0.3) is 0 Å². The molecule has 2 N–H and O–H groups in total. The van der Waals surface area contributed by atoms with Crippen molar-refractivity contribution in [3.05, 3.63) is 0 Å². The van der Waals surface area contributed by atoms with Crippen LogP contribution in [-0.2, 0) is 9.84 Å². The van der Waals surface area contributed by atoms with E-state index in [9.17, 15) is 8.42 Å². The van der Waals surface area contributed by atoms with E-state index in [-0.39, 0.29) is 5.41 Å². The van der Waals surface area contributed by atoms with Crippen molar-refractivity contribution < 1.29 is 8.42 Å². The maximum atomic E-state index is 11.4. The van der Waals surface area contributed by atoms with Gasteiger partial charge in [-0.15, -0.1) is 0 Å². The molecule has 88 valence electrons. The average molecular weight is 231 g/mol. The molecule has 0 unspecified atom stereocenters. The summed E-state index contributed by atoms with van der Waals surface area (Å²) in [6.45, 7) is 0.631. The Hall–Kier alpha value is -0.0900. The van der Waals surface area contributed by atoms with Crippen molar-refractivity contribution in [3.63, 3.8) is 0 Å². The summed E-state index contributed by atoms with van der Waals surface area (Å²) in [4.78, 5) is 0. The van der Waals surface area contributed by atoms with E-state index >= 15 is 0 Å². The molecule has 0 atom stereocenters. The summed E-state index contributed by atoms with van der Waals surface area (Å²) in [5.41, 5.74) is 5.69. The second-order valence-corrected chi connectivity index (χ2v) is 7.33. The van der Waals surface area contributed by atoms with Gasteiger partial charge in [0.2, 0.25) is 0 Å². The van der Waals surface area contributed by atoms with Crippen LogP contribution in [0.5, 0.6) is 0 Å². The minimum absolute atomic E-state index is 0.0635. The third-order valence-corrected chi connectivity index (χ3v) is 6.16. The molecular formula is C11H21NO2S. The van der Waals surface area contributed by atoms with Crippen molar-refractivity contribution in [2.75, 3.05) is 18.1 Å². The Morgan fingerprint density at radius 1 is 1.13 bits per heavy atom. The number of hydrogen-bond acceptors (Lipinski definition) is 3. The summed E-state index contributed by atoms with van der Waals surface area (Å²) in [6.07, 6.45) is 7.21. The minimum Gasteiger partial charge on any atom is -0.330 e. The lowest BCUT2D eigenvalue weighted by Gasteiger charge is -2.48. The molecular weight excluding hydrogens is 210 g/mol. The average Bonchev–Trinajstić information content (AvgIpc) is 2.16. The fourth-order valence-electron chi connectivity index (χ4n) is 3.42. The predicted octanol–water partition coefficient (Wildman–Crippen LogP) is 1.33. The zero-order valence-electron chi connectivity index (χ0n) is 9.24. The lowest BCUT2D eigenvalue weighted by molar-refractivity contribution is 0.138. The van der Waals surface area contributed by atoms with Gasteiger partial charge in [-0.2, -0.15) is 0 Å². The standard InChI is InChI=1S/C11H21NO2S/c12-7-6-11(8-15(13,14)9-11)10-4-2-1-3-5-10/h10H,1-9,12H2. The molecule has 1 aliphatic heterocycles. The highest BCUT2D eigenvalue weighted by atomic mass is 32.2. The van der Waals surface area contributed by atoms with Gasteiger partial charge in [0, 0.05) is 5.41 Å². The molecule has 0 radical (unpaired) electrons. The largest absolute Gasteiger partial charge is 0.330 e. The minimum atomic E-state index is -2.72. The summed E-state index contributed by atoms with van der Waals surface area (Å²) in [5, 5.41) is 0. The fraction of sp³-hybridized carbons (Fsp3) is 1.00. The first-order valence-electron chi connectivity index (χ1n) is 5.98. The fourth-order valence-corrected chi connectivity index (χ4v) is 5.85. The number of nitrogens with two attached hydrogens (primary N) is 1. The van der Waals surface area contributed by atoms with Crippen LogP contribution in [0.2, 0.25) is 0 Å². The molecule has 2 fully saturated rings. The van der Waals surface area contributed by atoms with Gasteiger partial charge in [-0.3, -0.25) is 0 Å². The number of sulfone groups is 1. The molecule has 0 amide bonds. The zero-order chi connectivity index (χ0) is 10.9. The van der Waals surface area contributed by atoms with Gasteiger partial charge in [0.05, 0.1) is 11.5 Å². The molecule has 1 saturated carbocycles. The van der Waals surface area contributed by atoms with E-state index in [4.69, 9.17) is 5.73 Å². The van der Waals surface area contributed by atoms with E-state index in [1.165, 1.54) is 32.1 Å². The van der Waals surface area contributed by atoms with Crippen LogP contribution in [0.4, 0.5) is 0 Å². The molecule has 2 rings (SSSR count). The van der Waals surface area contributed by atoms with Crippen molar-refractivity contribution in [2.45, 2.75) is 38.5 Å². The molecule has 0 aromatic rings. The molecule has 2 aliphatic rings. The van der Waals surface area contributed by atoms with Gasteiger partial charge in [0.15, 0.2) is 9.84 Å². The summed E-state index contributed by atoms with van der Waals surface area (Å²) >= 11 is 0. The van der Waals surface area contributed by atoms with Gasteiger partial charge in [0.1, 0.15) is 0 Å². The van der Waals surface area contributed by atoms with Crippen LogP contribution in [0.1, 0.15) is 38.5 Å². The lowest BCUT2D eigenvalue weighted by atomic mass is 9.68. The molecule has 1 heterocycles. The van der Waals surface area contributed by atoms with E-state index in [0.717, 1.165) is 6.42 Å². The smallest absolute Gasteiger partial charge is 0.151 e. The van der Waals surface area contributed by atoms with Gasteiger partial charge in [-0.1, -0.05) is 19.3 Å². The van der Waals surface area contributed by atoms with Crippen LogP contribution < -0.4 is 5.73 Å². The first kappa shape index (κ1) is 11.4. The van der Waals surface area contributed by atoms with Crippen LogP contribution in [0.3, 0.4) is 0 Å². The van der Waals surface area contributed by atoms with Crippen LogP contribution >= 0.6 is 0 Å². The van der Waals surface area contributed by atoms with E-state index in [2.05, 4.69) is 0 Å². The molecule has 0 aromatic heterocycles. The summed E-state index contributed by atoms with van der Waals surface area (Å²) in [5.74, 6) is 1.43. The molecule has 0 spiro atoms. The summed E-state index contributed by atoms with van der Waals surface area (Å²) in [7, 11) is -2.72. The highest BCUT2D eigenvalue weighted by molar-refractivity contribution is 7.92. The van der Waals surface area contributed by atoms with Gasteiger partial charge >= 0.3 is 0 Å². The Morgan fingerprint density at radius 2 is 1.73 bits per heavy atom. The maximum Gasteiger partial charge on any atom is 0.151 e. The van der Waals surface area contributed by atoms with Crippen LogP contribution in [0, 0.1) is 11.3 Å². The molecule has 1 aliphatic carbocycles. The van der Waals surface area contributed by atoms with Crippen LogP contribution in [-0.4, -0.2) is 26.5 Å². The van der Waals surface area contributed by atoms with E-state index in [1.807, 2.05) is 0 Å². The Kier molecular flexibility index (Phi) is 3.08. The first-order chi connectivity index (χ1) is 7.08. The maximum absolute atomic E-state index is 11.4. The van der Waals surface area contributed by atoms with Crippen LogP contribution in [0.15, 0.2) is 0 Å². The normalized spacial score (nSPS) is 29.7. The monoisotopic (exact) mass is 231 g/mol. The van der Waals surface area contributed by atoms with Gasteiger partial charge in [-0.05, 0) is 31.7 Å². The summed E-state index contributed by atoms with van der Waals surface area (Å²) in [6, 6.07) is 0. The second-order valence-electron chi connectivity index (χ2n) is 5.27. The number of rotatable bonds is 3. The SMILES string of the molecule is NCCC1(C2CCCCC2)CS(=O)(=O)C1. The third kappa shape index (κ3) is 2.21. The van der Waals surface area contributed by atoms with E-state index in [1.54, 1.807) is 0 Å². The van der Waals surface area contributed by atoms with Gasteiger partial charge < -0.3 is 5.73 Å². The van der Waals surface area contributed by atoms with Crippen molar-refractivity contribution in [1.29, 1.82) is 0 Å². The summed E-state index contributed by atoms with van der Waals surface area (Å²) < 4.78 is 22.8. The molecule has 1 saturated heterocycles. The van der Waals surface area contributed by atoms with E-state index < -0.39 is 9.84 Å². The molecule has 0 aromatic carbocycles. The third-order valence-electron chi connectivity index (χ3n) is 4.13. The highest BCUT2D eigenvalue weighted by Crippen LogP contribution is 2.48.